The summed E-state index contributed by atoms with van der Waals surface area (Å²) < 4.78 is 7.39. The monoisotopic (exact) mass is 322 g/mol. The van der Waals surface area contributed by atoms with E-state index in [1.807, 2.05) is 18.7 Å². The summed E-state index contributed by atoms with van der Waals surface area (Å²) >= 11 is 0. The van der Waals surface area contributed by atoms with Gasteiger partial charge in [-0.05, 0) is 18.9 Å². The first-order chi connectivity index (χ1) is 11.9. The van der Waals surface area contributed by atoms with Crippen LogP contribution < -0.4 is 0 Å². The van der Waals surface area contributed by atoms with Crippen LogP contribution in [0.3, 0.4) is 0 Å². The molecule has 5 rings (SSSR count). The predicted molar refractivity (Wildman–Crippen MR) is 89.4 cm³/mol. The molecule has 0 aromatic carbocycles. The zero-order valence-corrected chi connectivity index (χ0v) is 13.2. The zero-order valence-electron chi connectivity index (χ0n) is 13.2. The van der Waals surface area contributed by atoms with Crippen molar-refractivity contribution in [1.82, 2.24) is 29.4 Å². The van der Waals surface area contributed by atoms with Gasteiger partial charge in [-0.1, -0.05) is 0 Å². The molecule has 0 amide bonds. The Hall–Kier alpha value is -2.67. The van der Waals surface area contributed by atoms with E-state index >= 15 is 0 Å². The molecule has 0 radical (unpaired) electrons. The number of aromatic amines is 1. The smallest absolute Gasteiger partial charge is 0.180 e. The van der Waals surface area contributed by atoms with Crippen molar-refractivity contribution in [2.24, 2.45) is 0 Å². The van der Waals surface area contributed by atoms with Gasteiger partial charge in [-0.15, -0.1) is 0 Å². The van der Waals surface area contributed by atoms with Gasteiger partial charge >= 0.3 is 0 Å². The van der Waals surface area contributed by atoms with Crippen LogP contribution in [-0.4, -0.2) is 42.5 Å². The highest BCUT2D eigenvalue weighted by Crippen LogP contribution is 2.30. The molecule has 0 bridgehead atoms. The molecule has 7 nitrogen and oxygen atoms in total. The molecule has 4 aromatic rings. The number of H-pyrrole nitrogens is 1. The molecule has 5 heterocycles. The molecule has 0 unspecified atom stereocenters. The second kappa shape index (κ2) is 5.45. The first kappa shape index (κ1) is 13.7. The van der Waals surface area contributed by atoms with Crippen molar-refractivity contribution in [2.45, 2.75) is 25.4 Å². The number of oxazole rings is 1. The highest BCUT2D eigenvalue weighted by molar-refractivity contribution is 6.00. The van der Waals surface area contributed by atoms with Crippen molar-refractivity contribution >= 4 is 22.1 Å². The van der Waals surface area contributed by atoms with Gasteiger partial charge in [0.05, 0.1) is 23.7 Å². The number of fused-ring (bicyclic) bond motifs is 3. The molecule has 0 spiro atoms. The van der Waals surface area contributed by atoms with Crippen LogP contribution >= 0.6 is 0 Å². The van der Waals surface area contributed by atoms with E-state index in [1.165, 1.54) is 11.9 Å². The van der Waals surface area contributed by atoms with Crippen LogP contribution in [0.5, 0.6) is 0 Å². The van der Waals surface area contributed by atoms with Crippen molar-refractivity contribution in [3.05, 3.63) is 43.1 Å². The highest BCUT2D eigenvalue weighted by atomic mass is 16.3. The van der Waals surface area contributed by atoms with E-state index in [1.54, 1.807) is 6.26 Å². The van der Waals surface area contributed by atoms with Gasteiger partial charge < -0.3 is 14.0 Å². The first-order valence-electron chi connectivity index (χ1n) is 8.26. The maximum atomic E-state index is 5.06. The Kier molecular flexibility index (Phi) is 3.12. The molecule has 0 aliphatic carbocycles. The molecule has 0 atom stereocenters. The number of pyridine rings is 1. The number of nitrogens with one attached hydrogen (secondary N) is 1. The second-order valence-electron chi connectivity index (χ2n) is 6.37. The normalized spacial score (nSPS) is 17.2. The third-order valence-electron chi connectivity index (χ3n) is 4.94. The Bertz CT molecular complexity index is 962. The minimum Gasteiger partial charge on any atom is -0.451 e. The molecule has 1 saturated heterocycles. The lowest BCUT2D eigenvalue weighted by Crippen LogP contribution is -2.34. The predicted octanol–water partition coefficient (Wildman–Crippen LogP) is 2.74. The third kappa shape index (κ3) is 2.20. The molecule has 1 fully saturated rings. The minimum absolute atomic E-state index is 0.476. The van der Waals surface area contributed by atoms with Crippen molar-refractivity contribution in [3.63, 3.8) is 0 Å². The van der Waals surface area contributed by atoms with Crippen molar-refractivity contribution < 1.29 is 4.42 Å². The van der Waals surface area contributed by atoms with Crippen LogP contribution in [0.2, 0.25) is 0 Å². The fourth-order valence-electron chi connectivity index (χ4n) is 3.71. The minimum atomic E-state index is 0.476. The molecule has 1 aliphatic rings. The summed E-state index contributed by atoms with van der Waals surface area (Å²) in [4.78, 5) is 18.8. The first-order valence-corrected chi connectivity index (χ1v) is 8.26. The fraction of sp³-hybridized carbons (Fsp3) is 0.353. The number of hydrogen-bond acceptors (Lipinski definition) is 5. The van der Waals surface area contributed by atoms with Gasteiger partial charge in [0.25, 0.3) is 0 Å². The lowest BCUT2D eigenvalue weighted by atomic mass is 10.0. The van der Waals surface area contributed by atoms with E-state index < -0.39 is 0 Å². The number of hydrogen-bond donors (Lipinski definition) is 1. The summed E-state index contributed by atoms with van der Waals surface area (Å²) in [6.45, 7) is 2.97. The number of imidazole rings is 1. The van der Waals surface area contributed by atoms with Gasteiger partial charge in [-0.25, -0.2) is 15.0 Å². The lowest BCUT2D eigenvalue weighted by molar-refractivity contribution is 0.179. The summed E-state index contributed by atoms with van der Waals surface area (Å²) in [5.74, 6) is 0. The van der Waals surface area contributed by atoms with Gasteiger partial charge in [0.2, 0.25) is 0 Å². The van der Waals surface area contributed by atoms with Crippen LogP contribution in [0.25, 0.3) is 22.1 Å². The van der Waals surface area contributed by atoms with Crippen LogP contribution in [0, 0.1) is 0 Å². The Balaban J connectivity index is 1.40. The van der Waals surface area contributed by atoms with E-state index in [-0.39, 0.29) is 0 Å². The van der Waals surface area contributed by atoms with Crippen molar-refractivity contribution in [2.75, 3.05) is 13.1 Å². The summed E-state index contributed by atoms with van der Waals surface area (Å²) in [6.07, 6.45) is 11.2. The molecule has 0 saturated carbocycles. The average molecular weight is 322 g/mol. The molecular weight excluding hydrogens is 304 g/mol. The fourth-order valence-corrected chi connectivity index (χ4v) is 3.71. The summed E-state index contributed by atoms with van der Waals surface area (Å²) in [6, 6.07) is 2.56. The Labute approximate surface area is 138 Å². The van der Waals surface area contributed by atoms with Gasteiger partial charge in [-0.2, -0.15) is 0 Å². The molecule has 1 N–H and O–H groups in total. The van der Waals surface area contributed by atoms with E-state index in [4.69, 9.17) is 4.42 Å². The van der Waals surface area contributed by atoms with Crippen LogP contribution in [-0.2, 0) is 6.54 Å². The van der Waals surface area contributed by atoms with E-state index in [0.717, 1.165) is 54.7 Å². The maximum Gasteiger partial charge on any atom is 0.180 e. The van der Waals surface area contributed by atoms with E-state index in [0.29, 0.717) is 6.04 Å². The topological polar surface area (TPSA) is 75.8 Å². The Morgan fingerprint density at radius 2 is 2.12 bits per heavy atom. The van der Waals surface area contributed by atoms with Gasteiger partial charge in [-0.3, -0.25) is 4.90 Å². The van der Waals surface area contributed by atoms with Crippen molar-refractivity contribution in [1.29, 1.82) is 0 Å². The standard InChI is InChI=1S/C17H18N6O/c1-4-18-17-14(1)16-15(7-19-17)20-10-23(16)13-2-5-22(6-3-13)8-12-9-24-11-21-12/h1,4,7,9-11,13H,2-3,5-6,8H2,(H,18,19). The van der Waals surface area contributed by atoms with Crippen LogP contribution in [0.1, 0.15) is 24.6 Å². The number of aromatic nitrogens is 5. The third-order valence-corrected chi connectivity index (χ3v) is 4.94. The highest BCUT2D eigenvalue weighted by Gasteiger charge is 2.23. The molecular formula is C17H18N6O. The maximum absolute atomic E-state index is 5.06. The van der Waals surface area contributed by atoms with Gasteiger partial charge in [0, 0.05) is 37.3 Å². The Morgan fingerprint density at radius 1 is 1.21 bits per heavy atom. The summed E-state index contributed by atoms with van der Waals surface area (Å²) in [5, 5.41) is 1.15. The molecule has 7 heteroatoms. The average Bonchev–Trinajstić information content (AvgIpc) is 3.35. The number of likely N-dealkylation sites (tertiary alicyclic amines) is 1. The van der Waals surface area contributed by atoms with Gasteiger partial charge in [0.15, 0.2) is 6.39 Å². The number of piperidine rings is 1. The molecule has 122 valence electrons. The van der Waals surface area contributed by atoms with E-state index in [2.05, 4.69) is 35.5 Å². The zero-order chi connectivity index (χ0) is 15.9. The molecule has 1 aliphatic heterocycles. The largest absolute Gasteiger partial charge is 0.451 e. The number of nitrogens with zero attached hydrogens (tertiary/aromatic N) is 5. The second-order valence-corrected chi connectivity index (χ2v) is 6.37. The van der Waals surface area contributed by atoms with Crippen LogP contribution in [0.4, 0.5) is 0 Å². The van der Waals surface area contributed by atoms with E-state index in [9.17, 15) is 0 Å². The SMILES string of the molecule is c1cc2c(ncc3ncn(C4CCN(Cc5cocn5)CC4)c32)[nH]1. The quantitative estimate of drug-likeness (QED) is 0.627. The summed E-state index contributed by atoms with van der Waals surface area (Å²) in [7, 11) is 0. The molecule has 4 aromatic heterocycles. The van der Waals surface area contributed by atoms with Crippen LogP contribution in [0.15, 0.2) is 41.9 Å². The Morgan fingerprint density at radius 3 is 2.96 bits per heavy atom. The summed E-state index contributed by atoms with van der Waals surface area (Å²) in [5.41, 5.74) is 4.08. The molecule has 24 heavy (non-hydrogen) atoms. The number of rotatable bonds is 3. The lowest BCUT2D eigenvalue weighted by Gasteiger charge is -2.32. The van der Waals surface area contributed by atoms with Gasteiger partial charge in [0.1, 0.15) is 17.4 Å². The van der Waals surface area contributed by atoms with Crippen molar-refractivity contribution in [3.8, 4) is 0 Å².